The summed E-state index contributed by atoms with van der Waals surface area (Å²) in [6.45, 7) is 1.96. The highest BCUT2D eigenvalue weighted by molar-refractivity contribution is 8.26. The molecule has 5 nitrogen and oxygen atoms in total. The molecule has 1 saturated heterocycles. The van der Waals surface area contributed by atoms with Crippen molar-refractivity contribution in [1.82, 2.24) is 4.90 Å². The van der Waals surface area contributed by atoms with Crippen LogP contribution in [-0.2, 0) is 9.59 Å². The van der Waals surface area contributed by atoms with Gasteiger partial charge in [0.25, 0.3) is 5.91 Å². The van der Waals surface area contributed by atoms with E-state index >= 15 is 0 Å². The molecule has 0 bridgehead atoms. The van der Waals surface area contributed by atoms with Crippen molar-refractivity contribution in [3.05, 3.63) is 34.7 Å². The summed E-state index contributed by atoms with van der Waals surface area (Å²) in [5, 5.41) is 8.67. The van der Waals surface area contributed by atoms with E-state index in [1.165, 1.54) is 16.7 Å². The van der Waals surface area contributed by atoms with Crippen molar-refractivity contribution in [2.75, 3.05) is 13.2 Å². The molecule has 0 saturated carbocycles. The first-order valence-electron chi connectivity index (χ1n) is 6.22. The van der Waals surface area contributed by atoms with Crippen molar-refractivity contribution in [1.29, 1.82) is 0 Å². The third-order valence-electron chi connectivity index (χ3n) is 2.75. The van der Waals surface area contributed by atoms with Crippen LogP contribution in [-0.4, -0.2) is 39.4 Å². The fourth-order valence-corrected chi connectivity index (χ4v) is 3.16. The summed E-state index contributed by atoms with van der Waals surface area (Å²) in [7, 11) is 0. The predicted octanol–water partition coefficient (Wildman–Crippen LogP) is 2.37. The van der Waals surface area contributed by atoms with Crippen molar-refractivity contribution in [3.8, 4) is 5.75 Å². The molecular formula is C14H13NO4S2. The van der Waals surface area contributed by atoms with Crippen molar-refractivity contribution < 1.29 is 19.4 Å². The average molecular weight is 323 g/mol. The number of carbonyl (C=O) groups is 2. The van der Waals surface area contributed by atoms with E-state index in [-0.39, 0.29) is 5.91 Å². The molecule has 1 aromatic rings. The summed E-state index contributed by atoms with van der Waals surface area (Å²) in [6, 6.07) is 6.96. The number of ether oxygens (including phenoxy) is 1. The van der Waals surface area contributed by atoms with Gasteiger partial charge in [0, 0.05) is 12.1 Å². The lowest BCUT2D eigenvalue weighted by atomic mass is 10.2. The molecule has 1 amide bonds. The lowest BCUT2D eigenvalue weighted by Crippen LogP contribution is -2.27. The zero-order valence-corrected chi connectivity index (χ0v) is 12.9. The number of likely N-dealkylation sites (N-methyl/N-ethyl adjacent to an activating group) is 1. The molecule has 1 aromatic carbocycles. The number of hydrogen-bond acceptors (Lipinski definition) is 5. The summed E-state index contributed by atoms with van der Waals surface area (Å²) in [6.07, 6.45) is 1.67. The van der Waals surface area contributed by atoms with Crippen molar-refractivity contribution in [2.45, 2.75) is 6.92 Å². The summed E-state index contributed by atoms with van der Waals surface area (Å²) in [4.78, 5) is 24.8. The Balaban J connectivity index is 2.27. The van der Waals surface area contributed by atoms with Crippen molar-refractivity contribution >= 4 is 46.3 Å². The van der Waals surface area contributed by atoms with E-state index in [1.807, 2.05) is 6.92 Å². The Bertz CT molecular complexity index is 627. The number of para-hydroxylation sites is 1. The normalized spacial score (nSPS) is 16.6. The fraction of sp³-hybridized carbons (Fsp3) is 0.214. The largest absolute Gasteiger partial charge is 0.481 e. The number of thiocarbonyl (C=S) groups is 1. The number of hydrogen-bond donors (Lipinski definition) is 1. The maximum atomic E-state index is 12.1. The summed E-state index contributed by atoms with van der Waals surface area (Å²) >= 11 is 6.38. The maximum Gasteiger partial charge on any atom is 0.341 e. The number of carbonyl (C=O) groups excluding carboxylic acids is 1. The molecular weight excluding hydrogens is 310 g/mol. The zero-order chi connectivity index (χ0) is 15.4. The Morgan fingerprint density at radius 1 is 1.48 bits per heavy atom. The topological polar surface area (TPSA) is 66.8 Å². The third kappa shape index (κ3) is 3.62. The zero-order valence-electron chi connectivity index (χ0n) is 11.2. The van der Waals surface area contributed by atoms with Crippen LogP contribution in [0.4, 0.5) is 0 Å². The van der Waals surface area contributed by atoms with E-state index in [0.717, 1.165) is 0 Å². The van der Waals surface area contributed by atoms with Gasteiger partial charge in [-0.2, -0.15) is 0 Å². The van der Waals surface area contributed by atoms with E-state index in [9.17, 15) is 9.59 Å². The second-order valence-electron chi connectivity index (χ2n) is 4.15. The van der Waals surface area contributed by atoms with Gasteiger partial charge in [-0.25, -0.2) is 4.79 Å². The molecule has 0 unspecified atom stereocenters. The quantitative estimate of drug-likeness (QED) is 0.663. The number of thioether (sulfide) groups is 1. The Labute approximate surface area is 131 Å². The van der Waals surface area contributed by atoms with Crippen molar-refractivity contribution in [3.63, 3.8) is 0 Å². The monoisotopic (exact) mass is 323 g/mol. The minimum atomic E-state index is -1.05. The van der Waals surface area contributed by atoms with Crippen LogP contribution in [0.2, 0.25) is 0 Å². The molecule has 0 aromatic heterocycles. The Kier molecular flexibility index (Phi) is 4.98. The van der Waals surface area contributed by atoms with Gasteiger partial charge in [-0.15, -0.1) is 0 Å². The van der Waals surface area contributed by atoms with Crippen LogP contribution in [0.3, 0.4) is 0 Å². The minimum absolute atomic E-state index is 0.138. The van der Waals surface area contributed by atoms with Gasteiger partial charge in [0.2, 0.25) is 0 Å². The molecule has 0 spiro atoms. The number of aliphatic carboxylic acids is 1. The number of carboxylic acids is 1. The third-order valence-corrected chi connectivity index (χ3v) is 4.12. The average Bonchev–Trinajstić information content (AvgIpc) is 2.72. The van der Waals surface area contributed by atoms with E-state index in [2.05, 4.69) is 0 Å². The summed E-state index contributed by atoms with van der Waals surface area (Å²) in [5.41, 5.74) is 0.648. The van der Waals surface area contributed by atoms with Crippen LogP contribution in [0.5, 0.6) is 5.75 Å². The lowest BCUT2D eigenvalue weighted by Gasteiger charge is -2.10. The van der Waals surface area contributed by atoms with Crippen molar-refractivity contribution in [2.24, 2.45) is 0 Å². The lowest BCUT2D eigenvalue weighted by molar-refractivity contribution is -0.139. The highest BCUT2D eigenvalue weighted by atomic mass is 32.2. The molecule has 1 N–H and O–H groups in total. The van der Waals surface area contributed by atoms with Gasteiger partial charge >= 0.3 is 5.97 Å². The number of carboxylic acid groups (broad SMARTS) is 1. The van der Waals surface area contributed by atoms with Gasteiger partial charge in [0.1, 0.15) is 10.1 Å². The Hall–Kier alpha value is -1.86. The van der Waals surface area contributed by atoms with E-state index < -0.39 is 12.6 Å². The number of rotatable bonds is 5. The second kappa shape index (κ2) is 6.73. The smallest absolute Gasteiger partial charge is 0.341 e. The predicted molar refractivity (Wildman–Crippen MR) is 85.1 cm³/mol. The molecule has 7 heteroatoms. The number of amides is 1. The minimum Gasteiger partial charge on any atom is -0.481 e. The summed E-state index contributed by atoms with van der Waals surface area (Å²) in [5.74, 6) is -0.774. The molecule has 0 aliphatic carbocycles. The Morgan fingerprint density at radius 3 is 2.81 bits per heavy atom. The first-order chi connectivity index (χ1) is 10.0. The molecule has 1 aliphatic rings. The van der Waals surface area contributed by atoms with Crippen LogP contribution in [0.15, 0.2) is 29.2 Å². The molecule has 1 fully saturated rings. The van der Waals surface area contributed by atoms with Crippen LogP contribution < -0.4 is 4.74 Å². The molecule has 0 radical (unpaired) electrons. The standard InChI is InChI=1S/C14H13NO4S2/c1-2-15-13(18)11(21-14(15)20)7-9-5-3-4-6-10(9)19-8-12(16)17/h3-7H,2,8H2,1H3,(H,16,17). The van der Waals surface area contributed by atoms with Crippen LogP contribution in [0.25, 0.3) is 6.08 Å². The maximum absolute atomic E-state index is 12.1. The van der Waals surface area contributed by atoms with Gasteiger partial charge in [0.05, 0.1) is 4.91 Å². The molecule has 21 heavy (non-hydrogen) atoms. The van der Waals surface area contributed by atoms with E-state index in [0.29, 0.717) is 27.1 Å². The fourth-order valence-electron chi connectivity index (χ4n) is 1.78. The second-order valence-corrected chi connectivity index (χ2v) is 5.82. The first-order valence-corrected chi connectivity index (χ1v) is 7.44. The first kappa shape index (κ1) is 15.5. The number of nitrogens with zero attached hydrogens (tertiary/aromatic N) is 1. The molecule has 1 aliphatic heterocycles. The van der Waals surface area contributed by atoms with E-state index in [1.54, 1.807) is 30.3 Å². The van der Waals surface area contributed by atoms with Crippen LogP contribution >= 0.6 is 24.0 Å². The molecule has 1 heterocycles. The van der Waals surface area contributed by atoms with E-state index in [4.69, 9.17) is 22.1 Å². The highest BCUT2D eigenvalue weighted by Gasteiger charge is 2.30. The van der Waals surface area contributed by atoms with Gasteiger partial charge < -0.3 is 9.84 Å². The van der Waals surface area contributed by atoms with Gasteiger partial charge in [-0.05, 0) is 19.1 Å². The SMILES string of the molecule is CCN1C(=O)C(=Cc2ccccc2OCC(=O)O)SC1=S. The number of benzene rings is 1. The molecule has 0 atom stereocenters. The summed E-state index contributed by atoms with van der Waals surface area (Å²) < 4.78 is 5.74. The highest BCUT2D eigenvalue weighted by Crippen LogP contribution is 2.33. The van der Waals surface area contributed by atoms with Gasteiger partial charge in [-0.3, -0.25) is 9.69 Å². The molecule has 2 rings (SSSR count). The van der Waals surface area contributed by atoms with Crippen LogP contribution in [0.1, 0.15) is 12.5 Å². The Morgan fingerprint density at radius 2 is 2.19 bits per heavy atom. The van der Waals surface area contributed by atoms with Gasteiger partial charge in [-0.1, -0.05) is 42.2 Å². The van der Waals surface area contributed by atoms with Crippen LogP contribution in [0, 0.1) is 0 Å². The van der Waals surface area contributed by atoms with Gasteiger partial charge in [0.15, 0.2) is 6.61 Å². The molecule has 110 valence electrons.